The molecule has 0 radical (unpaired) electrons. The van der Waals surface area contributed by atoms with E-state index >= 15 is 24.0 Å². The summed E-state index contributed by atoms with van der Waals surface area (Å²) in [5.41, 5.74) is -17.2. The number of esters is 5. The van der Waals surface area contributed by atoms with E-state index in [4.69, 9.17) is 33.2 Å². The van der Waals surface area contributed by atoms with Gasteiger partial charge in [-0.05, 0) is 30.3 Å². The van der Waals surface area contributed by atoms with E-state index in [1.54, 1.807) is 0 Å². The van der Waals surface area contributed by atoms with Crippen LogP contribution in [0.4, 0.5) is 0 Å². The van der Waals surface area contributed by atoms with Crippen LogP contribution in [-0.4, -0.2) is 170 Å². The molecule has 0 unspecified atom stereocenters. The number of carbonyl (C=O) groups excluding carboxylic acids is 6. The minimum atomic E-state index is -3.18. The quantitative estimate of drug-likeness (QED) is 0.0637. The molecule has 1 spiro atoms. The number of aliphatic hydroxyl groups excluding tert-OH is 2. The number of carbonyl (C=O) groups is 6. The second-order valence-electron chi connectivity index (χ2n) is 20.6. The zero-order valence-corrected chi connectivity index (χ0v) is 42.4. The molecule has 18 N–H and O–H groups in total. The molecule has 6 aromatic rings. The van der Waals surface area contributed by atoms with Crippen molar-refractivity contribution in [2.24, 2.45) is 5.92 Å². The van der Waals surface area contributed by atoms with Crippen LogP contribution in [-0.2, 0) is 39.7 Å². The Morgan fingerprint density at radius 2 is 0.930 bits per heavy atom. The van der Waals surface area contributed by atoms with E-state index in [0.29, 0.717) is 18.2 Å². The molecule has 0 amide bonds. The van der Waals surface area contributed by atoms with E-state index in [-0.39, 0.29) is 11.1 Å². The number of aliphatic hydroxyl groups is 2. The summed E-state index contributed by atoms with van der Waals surface area (Å²) in [5, 5.41) is 202. The fraction of sp³-hybridized carbons (Fsp3) is 0.200. The van der Waals surface area contributed by atoms with Gasteiger partial charge in [0, 0.05) is 62.6 Å². The first-order valence-electron chi connectivity index (χ1n) is 24.9. The van der Waals surface area contributed by atoms with Crippen LogP contribution < -0.4 is 9.47 Å². The number of cyclic esters (lactones) is 1. The lowest BCUT2D eigenvalue weighted by Crippen LogP contribution is -2.65. The topological polar surface area (TPSA) is 531 Å². The Balaban J connectivity index is 1.12. The molecule has 31 heteroatoms. The third-order valence-corrected chi connectivity index (χ3v) is 16.2. The van der Waals surface area contributed by atoms with Gasteiger partial charge in [0.1, 0.15) is 29.8 Å². The first-order valence-corrected chi connectivity index (χ1v) is 24.9. The molecule has 7 aliphatic heterocycles. The zero-order valence-electron chi connectivity index (χ0n) is 42.4. The molecule has 0 aromatic heterocycles. The van der Waals surface area contributed by atoms with Crippen LogP contribution >= 0.6 is 0 Å². The normalized spacial score (nSPS) is 24.9. The van der Waals surface area contributed by atoms with Gasteiger partial charge >= 0.3 is 29.8 Å². The molecule has 8 aliphatic rings. The van der Waals surface area contributed by atoms with Crippen LogP contribution in [0.3, 0.4) is 0 Å². The van der Waals surface area contributed by atoms with Gasteiger partial charge in [0.05, 0.1) is 34.3 Å². The summed E-state index contributed by atoms with van der Waals surface area (Å²) in [6, 6.07) is 3.83. The number of benzene rings is 6. The summed E-state index contributed by atoms with van der Waals surface area (Å²) in [5.74, 6) is -41.0. The number of rotatable bonds is 1. The number of ketones is 1. The molecule has 6 aromatic carbocycles. The maximum Gasteiger partial charge on any atom is 0.340 e. The first-order chi connectivity index (χ1) is 40.6. The molecule has 442 valence electrons. The van der Waals surface area contributed by atoms with Gasteiger partial charge in [0.25, 0.3) is 0 Å². The first kappa shape index (κ1) is 53.5. The Hall–Kier alpha value is -11.8. The highest BCUT2D eigenvalue weighted by Crippen LogP contribution is 2.68. The molecule has 9 atom stereocenters. The molecule has 14 rings (SSSR count). The van der Waals surface area contributed by atoms with Crippen molar-refractivity contribution in [2.75, 3.05) is 6.61 Å². The Kier molecular flexibility index (Phi) is 11.0. The minimum absolute atomic E-state index is 0.169. The maximum absolute atomic E-state index is 15.7. The van der Waals surface area contributed by atoms with Crippen molar-refractivity contribution < 1.29 is 154 Å². The predicted octanol–water partition coefficient (Wildman–Crippen LogP) is 2.13. The summed E-state index contributed by atoms with van der Waals surface area (Å²) < 4.78 is 42.1. The maximum atomic E-state index is 15.7. The standard InChI is InChI=1S/C55H36O31/c56-14-1-9(2-15(57)34(14)63)45-19(61)3-10-20(81-45)7-21-26(33(10)62)31-47-48-46-22(8-80-50(75)11-4-16(58)35(64)38(67)23(11)24-12(52(77)83-46)5-17(59)36(65)39(24)68)82-51(76)13-6-18(60)37(66)40(69)25(13)27-29(53(78)85-48)28(42(71)44(73)41(27)70)30-32(54(79)84-47)55(31,86-21)49(74)43(30)72/h1-2,4-7,19,22,31-32,45-48,56-73H,3,8H2/t19-,22+,31-,32-,45+,46+,47+,48-,55-/m0/s1. The van der Waals surface area contributed by atoms with Gasteiger partial charge in [-0.2, -0.15) is 0 Å². The monoisotopic (exact) mass is 1190 g/mol. The number of phenols is 16. The minimum Gasteiger partial charge on any atom is -0.507 e. The molecule has 1 saturated heterocycles. The SMILES string of the molecule is O=C1OC[C@H]2OC(=O)c3cc(O)c(O)c(O)c3-c3c(O)c(O)c(O)c4c3C(=O)O[C@@H]([C@@H]2OC(=O)c2cc(O)c(O)c(O)c2-c2c1cc(O)c(O)c2O)[C@@H]1OC(=O)[C@@H]2C4=C(O)C(=O)[C@@]23Oc2cc4c(c(O)c2[C@@H]13)C[C@H](O)[C@@H](c1cc(O)c(O)c(O)c1)O4. The Morgan fingerprint density at radius 3 is 1.51 bits per heavy atom. The van der Waals surface area contributed by atoms with Gasteiger partial charge in [-0.25, -0.2) is 19.2 Å². The van der Waals surface area contributed by atoms with E-state index < -0.39 is 273 Å². The summed E-state index contributed by atoms with van der Waals surface area (Å²) in [6.45, 7) is -1.59. The van der Waals surface area contributed by atoms with Crippen LogP contribution in [0.25, 0.3) is 27.8 Å². The van der Waals surface area contributed by atoms with Crippen LogP contribution in [0.5, 0.6) is 103 Å². The molecular weight excluding hydrogens is 1160 g/mol. The van der Waals surface area contributed by atoms with E-state index in [1.165, 1.54) is 0 Å². The largest absolute Gasteiger partial charge is 0.507 e. The molecule has 6 bridgehead atoms. The highest BCUT2D eigenvalue weighted by molar-refractivity contribution is 6.22. The van der Waals surface area contributed by atoms with E-state index in [1.807, 2.05) is 0 Å². The van der Waals surface area contributed by atoms with E-state index in [0.717, 1.165) is 18.2 Å². The highest BCUT2D eigenvalue weighted by atomic mass is 16.6. The smallest absolute Gasteiger partial charge is 0.340 e. The third-order valence-electron chi connectivity index (χ3n) is 16.2. The Bertz CT molecular complexity index is 4270. The summed E-state index contributed by atoms with van der Waals surface area (Å²) in [6.07, 6.45) is -15.1. The number of fused-ring (bicyclic) bond motifs is 9. The second kappa shape index (κ2) is 17.6. The molecule has 0 saturated carbocycles. The van der Waals surface area contributed by atoms with Gasteiger partial charge in [-0.15, -0.1) is 0 Å². The Morgan fingerprint density at radius 1 is 0.430 bits per heavy atom. The second-order valence-corrected chi connectivity index (χ2v) is 20.6. The fourth-order valence-corrected chi connectivity index (χ4v) is 12.4. The highest BCUT2D eigenvalue weighted by Gasteiger charge is 2.76. The van der Waals surface area contributed by atoms with Crippen molar-refractivity contribution in [1.29, 1.82) is 0 Å². The van der Waals surface area contributed by atoms with Gasteiger partial charge < -0.3 is 125 Å². The van der Waals surface area contributed by atoms with Crippen molar-refractivity contribution >= 4 is 41.2 Å². The Labute approximate surface area is 473 Å². The molecule has 1 aliphatic carbocycles. The van der Waals surface area contributed by atoms with Crippen LogP contribution in [0, 0.1) is 5.92 Å². The van der Waals surface area contributed by atoms with Crippen LogP contribution in [0.1, 0.15) is 75.7 Å². The molecule has 31 nitrogen and oxygen atoms in total. The van der Waals surface area contributed by atoms with Gasteiger partial charge in [-0.1, -0.05) is 0 Å². The number of phenolic OH excluding ortho intramolecular Hbond substituents is 16. The molecule has 1 fully saturated rings. The molecule has 7 heterocycles. The molecular formula is C55H36O31. The van der Waals surface area contributed by atoms with Crippen molar-refractivity contribution in [3.8, 4) is 126 Å². The average molecular weight is 1190 g/mol. The van der Waals surface area contributed by atoms with Crippen LogP contribution in [0.15, 0.2) is 42.2 Å². The predicted molar refractivity (Wildman–Crippen MR) is 268 cm³/mol. The van der Waals surface area contributed by atoms with Crippen molar-refractivity contribution in [1.82, 2.24) is 0 Å². The van der Waals surface area contributed by atoms with Gasteiger partial charge in [0.2, 0.25) is 34.4 Å². The van der Waals surface area contributed by atoms with E-state index in [9.17, 15) is 96.7 Å². The summed E-state index contributed by atoms with van der Waals surface area (Å²) in [7, 11) is 0. The number of aromatic hydroxyl groups is 16. The summed E-state index contributed by atoms with van der Waals surface area (Å²) >= 11 is 0. The summed E-state index contributed by atoms with van der Waals surface area (Å²) in [4.78, 5) is 91.4. The number of Topliss-reactive ketones (excluding diaryl/α,β-unsaturated/α-hetero) is 1. The van der Waals surface area contributed by atoms with Gasteiger partial charge in [0.15, 0.2) is 99.5 Å². The van der Waals surface area contributed by atoms with Crippen molar-refractivity contribution in [3.05, 3.63) is 86.7 Å². The third kappa shape index (κ3) is 6.80. The number of ether oxygens (including phenoxy) is 7. The lowest BCUT2D eigenvalue weighted by molar-refractivity contribution is -0.200. The average Bonchev–Trinajstić information content (AvgIpc) is 1.49. The fourth-order valence-electron chi connectivity index (χ4n) is 12.4. The number of hydrogen-bond acceptors (Lipinski definition) is 31. The number of hydrogen-bond donors (Lipinski definition) is 18. The molecule has 86 heavy (non-hydrogen) atoms. The zero-order chi connectivity index (χ0) is 61.7. The van der Waals surface area contributed by atoms with E-state index in [2.05, 4.69) is 0 Å². The van der Waals surface area contributed by atoms with Gasteiger partial charge in [-0.3, -0.25) is 9.59 Å². The lowest BCUT2D eigenvalue weighted by Gasteiger charge is -2.47. The van der Waals surface area contributed by atoms with Crippen molar-refractivity contribution in [3.63, 3.8) is 0 Å². The lowest BCUT2D eigenvalue weighted by atomic mass is 9.66. The van der Waals surface area contributed by atoms with Crippen molar-refractivity contribution in [2.45, 2.75) is 54.6 Å². The van der Waals surface area contributed by atoms with Crippen LogP contribution in [0.2, 0.25) is 0 Å².